The second kappa shape index (κ2) is 6.29. The highest BCUT2D eigenvalue weighted by atomic mass is 16.4. The van der Waals surface area contributed by atoms with Gasteiger partial charge in [-0.25, -0.2) is 4.79 Å². The van der Waals surface area contributed by atoms with Crippen molar-refractivity contribution in [1.82, 2.24) is 0 Å². The summed E-state index contributed by atoms with van der Waals surface area (Å²) in [6, 6.07) is 15.0. The van der Waals surface area contributed by atoms with Gasteiger partial charge in [0.05, 0.1) is 0 Å². The molecule has 1 heterocycles. The molecule has 0 saturated heterocycles. The maximum Gasteiger partial charge on any atom is 0.328 e. The van der Waals surface area contributed by atoms with Crippen molar-refractivity contribution in [3.8, 4) is 11.1 Å². The maximum absolute atomic E-state index is 10.7. The lowest BCUT2D eigenvalue weighted by molar-refractivity contribution is -0.131. The molecule has 1 N–H and O–H groups in total. The molecule has 0 unspecified atom stereocenters. The van der Waals surface area contributed by atoms with E-state index in [0.717, 1.165) is 24.1 Å². The Bertz CT molecular complexity index is 760. The van der Waals surface area contributed by atoms with Gasteiger partial charge in [0.1, 0.15) is 0 Å². The highest BCUT2D eigenvalue weighted by Gasteiger charge is 2.15. The number of aliphatic carboxylic acids is 1. The number of allylic oxidation sites excluding steroid dienone is 1. The predicted octanol–water partition coefficient (Wildman–Crippen LogP) is 3.92. The van der Waals surface area contributed by atoms with E-state index in [1.54, 1.807) is 0 Å². The number of rotatable bonds is 4. The number of carboxylic acids is 1. The molecule has 0 bridgehead atoms. The number of likely N-dealkylation sites (N-methyl/N-ethyl adjacent to an activating group) is 1. The van der Waals surface area contributed by atoms with E-state index < -0.39 is 5.97 Å². The van der Waals surface area contributed by atoms with Gasteiger partial charge >= 0.3 is 5.97 Å². The van der Waals surface area contributed by atoms with Gasteiger partial charge in [0.15, 0.2) is 0 Å². The normalized spacial score (nSPS) is 14.0. The summed E-state index contributed by atoms with van der Waals surface area (Å²) in [5.41, 5.74) is 7.17. The topological polar surface area (TPSA) is 40.5 Å². The van der Waals surface area contributed by atoms with Crippen molar-refractivity contribution in [2.24, 2.45) is 0 Å². The minimum atomic E-state index is -0.887. The Kier molecular flexibility index (Phi) is 4.20. The summed E-state index contributed by atoms with van der Waals surface area (Å²) in [6.07, 6.45) is 3.05. The van der Waals surface area contributed by atoms with Gasteiger partial charge in [-0.1, -0.05) is 35.9 Å². The third-order valence-corrected chi connectivity index (χ3v) is 4.35. The van der Waals surface area contributed by atoms with Gasteiger partial charge in [0, 0.05) is 25.4 Å². The average molecular weight is 307 g/mol. The van der Waals surface area contributed by atoms with E-state index in [4.69, 9.17) is 5.11 Å². The summed E-state index contributed by atoms with van der Waals surface area (Å²) in [6.45, 7) is 2.94. The molecule has 0 atom stereocenters. The first-order valence-corrected chi connectivity index (χ1v) is 7.86. The van der Waals surface area contributed by atoms with Crippen LogP contribution in [0.25, 0.3) is 11.1 Å². The molecule has 3 rings (SSSR count). The Morgan fingerprint density at radius 3 is 2.57 bits per heavy atom. The summed E-state index contributed by atoms with van der Waals surface area (Å²) in [7, 11) is 2.13. The average Bonchev–Trinajstić information content (AvgIpc) is 2.88. The van der Waals surface area contributed by atoms with E-state index in [9.17, 15) is 4.79 Å². The zero-order valence-corrected chi connectivity index (χ0v) is 13.5. The molecule has 1 aliphatic rings. The zero-order valence-electron chi connectivity index (χ0n) is 13.5. The van der Waals surface area contributed by atoms with E-state index in [2.05, 4.69) is 54.4 Å². The number of fused-ring (bicyclic) bond motifs is 1. The van der Waals surface area contributed by atoms with Gasteiger partial charge in [0.25, 0.3) is 0 Å². The molecule has 0 fully saturated rings. The van der Waals surface area contributed by atoms with Gasteiger partial charge in [0.2, 0.25) is 0 Å². The first-order chi connectivity index (χ1) is 11.0. The molecule has 3 heteroatoms. The Hall–Kier alpha value is -2.55. The lowest BCUT2D eigenvalue weighted by Gasteiger charge is -2.12. The van der Waals surface area contributed by atoms with E-state index in [0.29, 0.717) is 6.42 Å². The number of hydrogen-bond donors (Lipinski definition) is 1. The van der Waals surface area contributed by atoms with Crippen LogP contribution in [0, 0.1) is 0 Å². The minimum absolute atomic E-state index is 0.668. The molecular weight excluding hydrogens is 286 g/mol. The van der Waals surface area contributed by atoms with Crippen LogP contribution >= 0.6 is 0 Å². The smallest absolute Gasteiger partial charge is 0.328 e. The van der Waals surface area contributed by atoms with Crippen LogP contribution in [0.2, 0.25) is 0 Å². The second-order valence-electron chi connectivity index (χ2n) is 6.22. The fourth-order valence-electron chi connectivity index (χ4n) is 3.15. The quantitative estimate of drug-likeness (QED) is 0.870. The molecule has 23 heavy (non-hydrogen) atoms. The number of carbonyl (C=O) groups is 1. The van der Waals surface area contributed by atoms with Crippen molar-refractivity contribution in [2.75, 3.05) is 18.5 Å². The van der Waals surface area contributed by atoms with Crippen LogP contribution in [0.3, 0.4) is 0 Å². The minimum Gasteiger partial charge on any atom is -0.478 e. The summed E-state index contributed by atoms with van der Waals surface area (Å²) in [5, 5.41) is 8.77. The third-order valence-electron chi connectivity index (χ3n) is 4.35. The first-order valence-electron chi connectivity index (χ1n) is 7.86. The monoisotopic (exact) mass is 307 g/mol. The Labute approximate surface area is 136 Å². The van der Waals surface area contributed by atoms with E-state index >= 15 is 0 Å². The summed E-state index contributed by atoms with van der Waals surface area (Å²) in [5.74, 6) is -0.887. The largest absolute Gasteiger partial charge is 0.478 e. The first kappa shape index (κ1) is 15.3. The molecule has 1 aliphatic heterocycles. The van der Waals surface area contributed by atoms with Crippen LogP contribution in [0.15, 0.2) is 54.1 Å². The third kappa shape index (κ3) is 3.45. The highest BCUT2D eigenvalue weighted by molar-refractivity contribution is 5.80. The molecule has 0 spiro atoms. The molecule has 0 saturated carbocycles. The van der Waals surface area contributed by atoms with Crippen molar-refractivity contribution in [3.63, 3.8) is 0 Å². The Morgan fingerprint density at radius 1 is 1.17 bits per heavy atom. The number of carboxylic acid groups (broad SMARTS) is 1. The van der Waals surface area contributed by atoms with Crippen molar-refractivity contribution < 1.29 is 9.90 Å². The van der Waals surface area contributed by atoms with Crippen LogP contribution in [-0.4, -0.2) is 24.7 Å². The van der Waals surface area contributed by atoms with Crippen molar-refractivity contribution >= 4 is 11.7 Å². The lowest BCUT2D eigenvalue weighted by Crippen LogP contribution is -2.12. The number of benzene rings is 2. The summed E-state index contributed by atoms with van der Waals surface area (Å²) < 4.78 is 0. The van der Waals surface area contributed by atoms with Crippen LogP contribution in [0.5, 0.6) is 0 Å². The Balaban J connectivity index is 1.79. The van der Waals surface area contributed by atoms with Crippen molar-refractivity contribution in [3.05, 3.63) is 65.2 Å². The SMILES string of the molecule is C/C(=C\C(=O)O)Cc1ccc(-c2ccc3c(c2)CCN3C)cc1. The van der Waals surface area contributed by atoms with Crippen LogP contribution < -0.4 is 4.90 Å². The number of nitrogens with zero attached hydrogens (tertiary/aromatic N) is 1. The molecule has 0 aliphatic carbocycles. The van der Waals surface area contributed by atoms with Crippen molar-refractivity contribution in [1.29, 1.82) is 0 Å². The van der Waals surface area contributed by atoms with Gasteiger partial charge in [-0.2, -0.15) is 0 Å². The predicted molar refractivity (Wildman–Crippen MR) is 93.9 cm³/mol. The molecule has 3 nitrogen and oxygen atoms in total. The van der Waals surface area contributed by atoms with Gasteiger partial charge in [-0.3, -0.25) is 0 Å². The molecule has 0 amide bonds. The summed E-state index contributed by atoms with van der Waals surface area (Å²) >= 11 is 0. The standard InChI is InChI=1S/C20H21NO2/c1-14(12-20(22)23)11-15-3-5-16(6-4-15)17-7-8-19-18(13-17)9-10-21(19)2/h3-8,12-13H,9-11H2,1-2H3,(H,22,23)/b14-12+. The number of hydrogen-bond acceptors (Lipinski definition) is 2. The summed E-state index contributed by atoms with van der Waals surface area (Å²) in [4.78, 5) is 13.0. The Morgan fingerprint density at radius 2 is 1.87 bits per heavy atom. The zero-order chi connectivity index (χ0) is 16.4. The van der Waals surface area contributed by atoms with Crippen LogP contribution in [0.1, 0.15) is 18.1 Å². The molecule has 2 aromatic rings. The molecular formula is C20H21NO2. The van der Waals surface area contributed by atoms with Gasteiger partial charge < -0.3 is 10.0 Å². The van der Waals surface area contributed by atoms with Crippen LogP contribution in [-0.2, 0) is 17.6 Å². The maximum atomic E-state index is 10.7. The molecule has 118 valence electrons. The van der Waals surface area contributed by atoms with Crippen LogP contribution in [0.4, 0.5) is 5.69 Å². The molecule has 2 aromatic carbocycles. The fraction of sp³-hybridized carbons (Fsp3) is 0.250. The molecule has 0 aromatic heterocycles. The highest BCUT2D eigenvalue weighted by Crippen LogP contribution is 2.31. The number of anilines is 1. The second-order valence-corrected chi connectivity index (χ2v) is 6.22. The van der Waals surface area contributed by atoms with E-state index in [-0.39, 0.29) is 0 Å². The van der Waals surface area contributed by atoms with Crippen molar-refractivity contribution in [2.45, 2.75) is 19.8 Å². The lowest BCUT2D eigenvalue weighted by atomic mass is 9.99. The van der Waals surface area contributed by atoms with Gasteiger partial charge in [-0.15, -0.1) is 0 Å². The fourth-order valence-corrected chi connectivity index (χ4v) is 3.15. The van der Waals surface area contributed by atoms with E-state index in [1.165, 1.54) is 28.5 Å². The van der Waals surface area contributed by atoms with Gasteiger partial charge in [-0.05, 0) is 54.2 Å². The van der Waals surface area contributed by atoms with E-state index in [1.807, 2.05) is 6.92 Å². The molecule has 0 radical (unpaired) electrons.